The lowest BCUT2D eigenvalue weighted by Gasteiger charge is -2.09. The third-order valence-corrected chi connectivity index (χ3v) is 4.05. The topological polar surface area (TPSA) is 77.2 Å². The van der Waals surface area contributed by atoms with Crippen molar-refractivity contribution in [2.75, 3.05) is 0 Å². The molecule has 0 atom stereocenters. The molecule has 6 heteroatoms. The second kappa shape index (κ2) is 9.69. The zero-order valence-corrected chi connectivity index (χ0v) is 16.2. The summed E-state index contributed by atoms with van der Waals surface area (Å²) in [7, 11) is 0. The molecule has 3 aromatic rings. The van der Waals surface area contributed by atoms with Crippen molar-refractivity contribution in [2.24, 2.45) is 0 Å². The van der Waals surface area contributed by atoms with E-state index < -0.39 is 0 Å². The zero-order valence-electron chi connectivity index (χ0n) is 16.2. The van der Waals surface area contributed by atoms with Gasteiger partial charge in [0.25, 0.3) is 0 Å². The molecule has 0 aliphatic rings. The average molecular weight is 379 g/mol. The Morgan fingerprint density at radius 2 is 1.93 bits per heavy atom. The number of nitrogens with one attached hydrogen (secondary N) is 1. The summed E-state index contributed by atoms with van der Waals surface area (Å²) in [5, 5.41) is 2.91. The molecule has 0 unspecified atom stereocenters. The monoisotopic (exact) mass is 379 g/mol. The van der Waals surface area contributed by atoms with Crippen molar-refractivity contribution in [3.63, 3.8) is 0 Å². The Bertz CT molecular complexity index is 874. The van der Waals surface area contributed by atoms with E-state index in [0.29, 0.717) is 37.6 Å². The van der Waals surface area contributed by atoms with Gasteiger partial charge in [0.1, 0.15) is 0 Å². The van der Waals surface area contributed by atoms with E-state index in [2.05, 4.69) is 15.3 Å². The zero-order chi connectivity index (χ0) is 19.8. The highest BCUT2D eigenvalue weighted by Gasteiger charge is 2.08. The molecule has 0 radical (unpaired) electrons. The van der Waals surface area contributed by atoms with Crippen LogP contribution in [0.4, 0.5) is 0 Å². The summed E-state index contributed by atoms with van der Waals surface area (Å²) >= 11 is 0. The number of benzene rings is 1. The van der Waals surface area contributed by atoms with E-state index in [1.807, 2.05) is 56.3 Å². The van der Waals surface area contributed by atoms with Crippen LogP contribution in [0.2, 0.25) is 0 Å². The molecule has 0 aliphatic carbocycles. The molecule has 0 fully saturated rings. The molecule has 0 spiro atoms. The first kappa shape index (κ1) is 19.6. The third kappa shape index (κ3) is 5.94. The minimum Gasteiger partial charge on any atom is -0.475 e. The van der Waals surface area contributed by atoms with E-state index in [0.717, 1.165) is 16.9 Å². The second-order valence-corrected chi connectivity index (χ2v) is 6.79. The van der Waals surface area contributed by atoms with Gasteiger partial charge < -0.3 is 14.5 Å². The van der Waals surface area contributed by atoms with Crippen molar-refractivity contribution < 1.29 is 13.9 Å². The number of aryl methyl sites for hydroxylation is 1. The van der Waals surface area contributed by atoms with Crippen LogP contribution >= 0.6 is 0 Å². The van der Waals surface area contributed by atoms with E-state index in [9.17, 15) is 4.79 Å². The van der Waals surface area contributed by atoms with Crippen LogP contribution < -0.4 is 10.1 Å². The smallest absolute Gasteiger partial charge is 0.220 e. The normalized spacial score (nSPS) is 10.8. The number of nitrogens with zero attached hydrogens (tertiary/aromatic N) is 2. The Morgan fingerprint density at radius 3 is 2.64 bits per heavy atom. The van der Waals surface area contributed by atoms with Gasteiger partial charge in [0.2, 0.25) is 11.8 Å². The van der Waals surface area contributed by atoms with E-state index in [-0.39, 0.29) is 12.0 Å². The number of aromatic nitrogens is 2. The molecule has 1 aromatic carbocycles. The van der Waals surface area contributed by atoms with E-state index in [1.54, 1.807) is 12.4 Å². The largest absolute Gasteiger partial charge is 0.475 e. The summed E-state index contributed by atoms with van der Waals surface area (Å²) in [6.07, 6.45) is 5.26. The number of hydrogen-bond acceptors (Lipinski definition) is 5. The Balaban J connectivity index is 1.38. The van der Waals surface area contributed by atoms with Crippen LogP contribution in [0.15, 0.2) is 59.3 Å². The maximum Gasteiger partial charge on any atom is 0.220 e. The van der Waals surface area contributed by atoms with Crippen molar-refractivity contribution in [1.82, 2.24) is 15.3 Å². The Kier molecular flexibility index (Phi) is 6.78. The summed E-state index contributed by atoms with van der Waals surface area (Å²) in [6.45, 7) is 4.36. The fourth-order valence-corrected chi connectivity index (χ4v) is 2.68. The average Bonchev–Trinajstić information content (AvgIpc) is 3.17. The van der Waals surface area contributed by atoms with Crippen molar-refractivity contribution in [1.29, 1.82) is 0 Å². The molecule has 0 bridgehead atoms. The van der Waals surface area contributed by atoms with Gasteiger partial charge in [-0.3, -0.25) is 4.79 Å². The number of pyridine rings is 1. The van der Waals surface area contributed by atoms with Crippen molar-refractivity contribution in [2.45, 2.75) is 45.8 Å². The van der Waals surface area contributed by atoms with Crippen LogP contribution in [0, 0.1) is 0 Å². The number of carbonyl (C=O) groups is 1. The van der Waals surface area contributed by atoms with E-state index in [1.165, 1.54) is 0 Å². The summed E-state index contributed by atoms with van der Waals surface area (Å²) in [4.78, 5) is 20.6. The standard InChI is InChI=1S/C22H25N3O3/c1-16(2)27-22-12-11-17(14-24-22)13-23-20(26)9-6-10-21-25-15-19(28-21)18-7-4-3-5-8-18/h3-5,7-8,11-12,14-16H,6,9-10,13H2,1-2H3,(H,23,26). The van der Waals surface area contributed by atoms with Gasteiger partial charge >= 0.3 is 0 Å². The molecule has 2 aromatic heterocycles. The molecular weight excluding hydrogens is 354 g/mol. The van der Waals surface area contributed by atoms with Crippen LogP contribution in [-0.4, -0.2) is 22.0 Å². The van der Waals surface area contributed by atoms with Crippen LogP contribution in [-0.2, 0) is 17.8 Å². The minimum absolute atomic E-state index is 0.00246. The van der Waals surface area contributed by atoms with Gasteiger partial charge in [-0.05, 0) is 25.8 Å². The molecule has 146 valence electrons. The Hall–Kier alpha value is -3.15. The van der Waals surface area contributed by atoms with E-state index in [4.69, 9.17) is 9.15 Å². The minimum atomic E-state index is -0.00246. The maximum absolute atomic E-state index is 12.0. The predicted molar refractivity (Wildman–Crippen MR) is 107 cm³/mol. The number of hydrogen-bond donors (Lipinski definition) is 1. The fraction of sp³-hybridized carbons (Fsp3) is 0.318. The highest BCUT2D eigenvalue weighted by atomic mass is 16.5. The van der Waals surface area contributed by atoms with Gasteiger partial charge in [-0.2, -0.15) is 0 Å². The van der Waals surface area contributed by atoms with Crippen LogP contribution in [0.5, 0.6) is 5.88 Å². The third-order valence-electron chi connectivity index (χ3n) is 4.05. The SMILES string of the molecule is CC(C)Oc1ccc(CNC(=O)CCCc2ncc(-c3ccccc3)o2)cn1. The van der Waals surface area contributed by atoms with Crippen LogP contribution in [0.3, 0.4) is 0 Å². The van der Waals surface area contributed by atoms with Crippen molar-refractivity contribution in [3.8, 4) is 17.2 Å². The van der Waals surface area contributed by atoms with Crippen LogP contribution in [0.1, 0.15) is 38.1 Å². The van der Waals surface area contributed by atoms with E-state index >= 15 is 0 Å². The maximum atomic E-state index is 12.0. The van der Waals surface area contributed by atoms with Gasteiger partial charge in [-0.1, -0.05) is 36.4 Å². The first-order chi connectivity index (χ1) is 13.6. The lowest BCUT2D eigenvalue weighted by atomic mass is 10.2. The molecule has 0 saturated heterocycles. The lowest BCUT2D eigenvalue weighted by molar-refractivity contribution is -0.121. The summed E-state index contributed by atoms with van der Waals surface area (Å²) in [6, 6.07) is 13.6. The number of ether oxygens (including phenoxy) is 1. The number of oxazole rings is 1. The first-order valence-corrected chi connectivity index (χ1v) is 9.48. The highest BCUT2D eigenvalue weighted by Crippen LogP contribution is 2.20. The molecule has 6 nitrogen and oxygen atoms in total. The summed E-state index contributed by atoms with van der Waals surface area (Å²) < 4.78 is 11.3. The number of amides is 1. The lowest BCUT2D eigenvalue weighted by Crippen LogP contribution is -2.22. The number of carbonyl (C=O) groups excluding carboxylic acids is 1. The number of rotatable bonds is 9. The summed E-state index contributed by atoms with van der Waals surface area (Å²) in [5.41, 5.74) is 1.93. The van der Waals surface area contributed by atoms with Crippen molar-refractivity contribution in [3.05, 3.63) is 66.3 Å². The van der Waals surface area contributed by atoms with Gasteiger partial charge in [0.05, 0.1) is 12.3 Å². The van der Waals surface area contributed by atoms with Crippen LogP contribution in [0.25, 0.3) is 11.3 Å². The molecule has 28 heavy (non-hydrogen) atoms. The van der Waals surface area contributed by atoms with Gasteiger partial charge in [0, 0.05) is 37.2 Å². The van der Waals surface area contributed by atoms with Gasteiger partial charge in [-0.15, -0.1) is 0 Å². The Morgan fingerprint density at radius 1 is 1.11 bits per heavy atom. The predicted octanol–water partition coefficient (Wildman–Crippen LogP) is 4.16. The van der Waals surface area contributed by atoms with Gasteiger partial charge in [0.15, 0.2) is 11.7 Å². The molecule has 0 aliphatic heterocycles. The molecular formula is C22H25N3O3. The highest BCUT2D eigenvalue weighted by molar-refractivity contribution is 5.75. The molecule has 0 saturated carbocycles. The summed E-state index contributed by atoms with van der Waals surface area (Å²) in [5.74, 6) is 1.98. The quantitative estimate of drug-likeness (QED) is 0.604. The second-order valence-electron chi connectivity index (χ2n) is 6.79. The Labute approximate surface area is 165 Å². The fourth-order valence-electron chi connectivity index (χ4n) is 2.68. The molecule has 1 N–H and O–H groups in total. The molecule has 2 heterocycles. The molecule has 3 rings (SSSR count). The molecule has 1 amide bonds. The first-order valence-electron chi connectivity index (χ1n) is 9.48. The van der Waals surface area contributed by atoms with Crippen molar-refractivity contribution >= 4 is 5.91 Å². The van der Waals surface area contributed by atoms with Gasteiger partial charge in [-0.25, -0.2) is 9.97 Å².